The van der Waals surface area contributed by atoms with Crippen molar-refractivity contribution in [2.24, 2.45) is 0 Å². The predicted octanol–water partition coefficient (Wildman–Crippen LogP) is 3.61. The highest BCUT2D eigenvalue weighted by molar-refractivity contribution is 6.06. The molecule has 1 aromatic carbocycles. The van der Waals surface area contributed by atoms with Crippen molar-refractivity contribution in [3.05, 3.63) is 47.9 Å². The number of ether oxygens (including phenoxy) is 2. The highest BCUT2D eigenvalue weighted by Crippen LogP contribution is 2.34. The number of benzene rings is 1. The molecule has 0 saturated carbocycles. The molecule has 0 radical (unpaired) electrons. The molecule has 0 aliphatic carbocycles. The summed E-state index contributed by atoms with van der Waals surface area (Å²) in [5, 5.41) is 17.4. The van der Waals surface area contributed by atoms with E-state index in [-0.39, 0.29) is 30.0 Å². The molecule has 1 saturated heterocycles. The predicted molar refractivity (Wildman–Crippen MR) is 118 cm³/mol. The van der Waals surface area contributed by atoms with E-state index >= 15 is 0 Å². The van der Waals surface area contributed by atoms with E-state index in [9.17, 15) is 14.3 Å². The number of rotatable bonds is 6. The standard InChI is InChI=1S/C23H27FN4O4/c1-23(2,24)17-5-4-8-25-21(17)22(30)27-18-9-14-11-26-28(19(14)10-20(18)31-3)15-6-7-16(12-29)32-13-15/h4-5,8-11,15-16,29H,6-7,12-13H2,1-3H3,(H,27,30)/t15-,16-/m0/s1. The van der Waals surface area contributed by atoms with Crippen LogP contribution in [-0.4, -0.2) is 52.2 Å². The summed E-state index contributed by atoms with van der Waals surface area (Å²) in [7, 11) is 1.52. The van der Waals surface area contributed by atoms with Crippen molar-refractivity contribution in [2.75, 3.05) is 25.6 Å². The molecule has 1 amide bonds. The number of anilines is 1. The van der Waals surface area contributed by atoms with Gasteiger partial charge in [0, 0.05) is 23.2 Å². The molecule has 2 aromatic heterocycles. The van der Waals surface area contributed by atoms with Crippen LogP contribution < -0.4 is 10.1 Å². The lowest BCUT2D eigenvalue weighted by Gasteiger charge is -2.28. The smallest absolute Gasteiger partial charge is 0.274 e. The number of alkyl halides is 1. The van der Waals surface area contributed by atoms with E-state index in [0.717, 1.165) is 23.7 Å². The average molecular weight is 442 g/mol. The number of pyridine rings is 1. The number of amides is 1. The zero-order chi connectivity index (χ0) is 22.9. The molecule has 2 N–H and O–H groups in total. The first-order chi connectivity index (χ1) is 15.3. The van der Waals surface area contributed by atoms with Gasteiger partial charge in [-0.25, -0.2) is 4.39 Å². The number of nitrogens with zero attached hydrogens (tertiary/aromatic N) is 3. The SMILES string of the molecule is COc1cc2c(cnn2[C@H]2CC[C@@H](CO)OC2)cc1NC(=O)c1ncccc1C(C)(C)F. The summed E-state index contributed by atoms with van der Waals surface area (Å²) in [5.74, 6) is -0.0679. The summed E-state index contributed by atoms with van der Waals surface area (Å²) >= 11 is 0. The van der Waals surface area contributed by atoms with Gasteiger partial charge in [0.25, 0.3) is 5.91 Å². The van der Waals surface area contributed by atoms with Crippen LogP contribution in [0.2, 0.25) is 0 Å². The Balaban J connectivity index is 1.63. The largest absolute Gasteiger partial charge is 0.494 e. The summed E-state index contributed by atoms with van der Waals surface area (Å²) in [5.41, 5.74) is -0.190. The van der Waals surface area contributed by atoms with Gasteiger partial charge in [-0.15, -0.1) is 0 Å². The normalized spacial score (nSPS) is 19.2. The van der Waals surface area contributed by atoms with Crippen molar-refractivity contribution < 1.29 is 23.8 Å². The van der Waals surface area contributed by atoms with Gasteiger partial charge in [-0.3, -0.25) is 14.5 Å². The van der Waals surface area contributed by atoms with Crippen LogP contribution in [0.3, 0.4) is 0 Å². The number of hydrogen-bond donors (Lipinski definition) is 2. The molecule has 0 unspecified atom stereocenters. The van der Waals surface area contributed by atoms with E-state index in [1.807, 2.05) is 10.7 Å². The lowest BCUT2D eigenvalue weighted by molar-refractivity contribution is -0.0403. The number of aliphatic hydroxyl groups excluding tert-OH is 1. The molecule has 1 aliphatic rings. The first-order valence-corrected chi connectivity index (χ1v) is 10.5. The quantitative estimate of drug-likeness (QED) is 0.605. The Labute approximate surface area is 185 Å². The van der Waals surface area contributed by atoms with E-state index < -0.39 is 11.6 Å². The number of hydrogen-bond acceptors (Lipinski definition) is 6. The number of nitrogens with one attached hydrogen (secondary N) is 1. The highest BCUT2D eigenvalue weighted by atomic mass is 19.1. The van der Waals surface area contributed by atoms with Crippen LogP contribution in [0.4, 0.5) is 10.1 Å². The van der Waals surface area contributed by atoms with E-state index in [1.165, 1.54) is 27.2 Å². The van der Waals surface area contributed by atoms with E-state index in [2.05, 4.69) is 15.4 Å². The molecule has 1 aliphatic heterocycles. The van der Waals surface area contributed by atoms with Gasteiger partial charge in [0.15, 0.2) is 0 Å². The Hall–Kier alpha value is -3.04. The van der Waals surface area contributed by atoms with Crippen LogP contribution >= 0.6 is 0 Å². The number of fused-ring (bicyclic) bond motifs is 1. The van der Waals surface area contributed by atoms with Crippen LogP contribution in [0, 0.1) is 0 Å². The van der Waals surface area contributed by atoms with Gasteiger partial charge in [0.05, 0.1) is 49.9 Å². The molecular formula is C23H27FN4O4. The van der Waals surface area contributed by atoms with Crippen molar-refractivity contribution in [1.29, 1.82) is 0 Å². The van der Waals surface area contributed by atoms with Gasteiger partial charge in [0.2, 0.25) is 0 Å². The number of halogens is 1. The molecule has 0 spiro atoms. The molecule has 32 heavy (non-hydrogen) atoms. The third-order valence-electron chi connectivity index (χ3n) is 5.72. The Morgan fingerprint density at radius 2 is 2.22 bits per heavy atom. The second-order valence-electron chi connectivity index (χ2n) is 8.40. The van der Waals surface area contributed by atoms with Crippen LogP contribution in [-0.2, 0) is 10.4 Å². The van der Waals surface area contributed by atoms with Gasteiger partial charge in [-0.05, 0) is 38.8 Å². The molecule has 2 atom stereocenters. The third kappa shape index (κ3) is 4.31. The van der Waals surface area contributed by atoms with Gasteiger partial charge < -0.3 is 19.9 Å². The molecular weight excluding hydrogens is 415 g/mol. The van der Waals surface area contributed by atoms with Gasteiger partial charge in [-0.2, -0.15) is 5.10 Å². The number of aromatic nitrogens is 3. The lowest BCUT2D eigenvalue weighted by atomic mass is 9.98. The molecule has 0 bridgehead atoms. The summed E-state index contributed by atoms with van der Waals surface area (Å²) in [4.78, 5) is 17.0. The second-order valence-corrected chi connectivity index (χ2v) is 8.40. The molecule has 3 heterocycles. The van der Waals surface area contributed by atoms with Crippen LogP contribution in [0.1, 0.15) is 48.8 Å². The van der Waals surface area contributed by atoms with Crippen molar-refractivity contribution in [2.45, 2.75) is 44.5 Å². The second kappa shape index (κ2) is 8.84. The Morgan fingerprint density at radius 1 is 1.41 bits per heavy atom. The fourth-order valence-electron chi connectivity index (χ4n) is 4.01. The number of aliphatic hydroxyl groups is 1. The monoisotopic (exact) mass is 442 g/mol. The van der Waals surface area contributed by atoms with Gasteiger partial charge in [-0.1, -0.05) is 6.07 Å². The molecule has 3 aromatic rings. The van der Waals surface area contributed by atoms with Crippen LogP contribution in [0.15, 0.2) is 36.7 Å². The topological polar surface area (TPSA) is 98.5 Å². The van der Waals surface area contributed by atoms with E-state index in [1.54, 1.807) is 24.4 Å². The van der Waals surface area contributed by atoms with E-state index in [4.69, 9.17) is 9.47 Å². The maximum atomic E-state index is 14.6. The lowest BCUT2D eigenvalue weighted by Crippen LogP contribution is -2.30. The minimum Gasteiger partial charge on any atom is -0.494 e. The average Bonchev–Trinajstić information content (AvgIpc) is 3.20. The maximum absolute atomic E-state index is 14.6. The van der Waals surface area contributed by atoms with Crippen LogP contribution in [0.5, 0.6) is 5.75 Å². The first kappa shape index (κ1) is 22.2. The summed E-state index contributed by atoms with van der Waals surface area (Å²) < 4.78 is 27.7. The van der Waals surface area contributed by atoms with Crippen LogP contribution in [0.25, 0.3) is 10.9 Å². The van der Waals surface area contributed by atoms with Gasteiger partial charge >= 0.3 is 0 Å². The summed E-state index contributed by atoms with van der Waals surface area (Å²) in [6, 6.07) is 6.79. The zero-order valence-electron chi connectivity index (χ0n) is 18.3. The number of carbonyl (C=O) groups excluding carboxylic acids is 1. The Kier molecular flexibility index (Phi) is 6.12. The molecule has 9 heteroatoms. The zero-order valence-corrected chi connectivity index (χ0v) is 18.3. The van der Waals surface area contributed by atoms with Crippen molar-refractivity contribution in [1.82, 2.24) is 14.8 Å². The molecule has 1 fully saturated rings. The molecule has 170 valence electrons. The Bertz CT molecular complexity index is 1120. The summed E-state index contributed by atoms with van der Waals surface area (Å²) in [6.45, 7) is 3.25. The number of methoxy groups -OCH3 is 1. The van der Waals surface area contributed by atoms with Gasteiger partial charge in [0.1, 0.15) is 17.1 Å². The summed E-state index contributed by atoms with van der Waals surface area (Å²) in [6.07, 6.45) is 4.65. The Morgan fingerprint density at radius 3 is 2.88 bits per heavy atom. The maximum Gasteiger partial charge on any atom is 0.274 e. The molecule has 8 nitrogen and oxygen atoms in total. The third-order valence-corrected chi connectivity index (χ3v) is 5.72. The molecule has 4 rings (SSSR count). The van der Waals surface area contributed by atoms with Crippen molar-refractivity contribution in [3.63, 3.8) is 0 Å². The number of carbonyl (C=O) groups is 1. The highest BCUT2D eigenvalue weighted by Gasteiger charge is 2.28. The fourth-order valence-corrected chi connectivity index (χ4v) is 4.01. The van der Waals surface area contributed by atoms with E-state index in [0.29, 0.717) is 18.0 Å². The fraction of sp³-hybridized carbons (Fsp3) is 0.435. The minimum atomic E-state index is -1.72. The van der Waals surface area contributed by atoms with Crippen molar-refractivity contribution >= 4 is 22.5 Å². The van der Waals surface area contributed by atoms with Crippen molar-refractivity contribution in [3.8, 4) is 5.75 Å². The minimum absolute atomic E-state index is 0.0149. The first-order valence-electron chi connectivity index (χ1n) is 10.5.